The number of benzene rings is 1. The van der Waals surface area contributed by atoms with Gasteiger partial charge in [-0.15, -0.1) is 0 Å². The average Bonchev–Trinajstić information content (AvgIpc) is 2.87. The number of anilines is 1. The standard InChI is InChI=1S/C26H26N4O8/c1-14-22(25(33)37-4)24(18-7-5-6-8-19(18)30(35)36)23(15(2)28-14)26(34)38-12-11-20(32)17-9-10-21(27-13-17)29-16(3)31/h5-10,13,24,28H,11-12H2,1-4H3,(H,27,29,31). The zero-order valence-corrected chi connectivity index (χ0v) is 21.2. The maximum atomic E-state index is 13.3. The number of Topliss-reactive ketones (excluding diaryl/α,β-unsaturated/α-hetero) is 1. The van der Waals surface area contributed by atoms with Gasteiger partial charge in [-0.05, 0) is 26.0 Å². The number of carbonyl (C=O) groups is 4. The van der Waals surface area contributed by atoms with Crippen molar-refractivity contribution in [1.82, 2.24) is 10.3 Å². The van der Waals surface area contributed by atoms with Crippen molar-refractivity contribution in [1.29, 1.82) is 0 Å². The summed E-state index contributed by atoms with van der Waals surface area (Å²) in [7, 11) is 1.17. The van der Waals surface area contributed by atoms with Crippen molar-refractivity contribution in [3.63, 3.8) is 0 Å². The zero-order valence-electron chi connectivity index (χ0n) is 21.2. The van der Waals surface area contributed by atoms with E-state index in [4.69, 9.17) is 9.47 Å². The van der Waals surface area contributed by atoms with Gasteiger partial charge in [-0.1, -0.05) is 18.2 Å². The van der Waals surface area contributed by atoms with Gasteiger partial charge in [0.25, 0.3) is 5.69 Å². The summed E-state index contributed by atoms with van der Waals surface area (Å²) in [6, 6.07) is 8.76. The molecule has 198 valence electrons. The van der Waals surface area contributed by atoms with Crippen molar-refractivity contribution >= 4 is 35.1 Å². The molecule has 0 saturated heterocycles. The number of dihydropyridines is 1. The Bertz CT molecular complexity index is 1360. The van der Waals surface area contributed by atoms with E-state index in [-0.39, 0.29) is 52.7 Å². The fourth-order valence-corrected chi connectivity index (χ4v) is 4.13. The van der Waals surface area contributed by atoms with Gasteiger partial charge in [0.2, 0.25) is 5.91 Å². The molecule has 1 unspecified atom stereocenters. The summed E-state index contributed by atoms with van der Waals surface area (Å²) in [5.74, 6) is -3.11. The number of hydrogen-bond acceptors (Lipinski definition) is 10. The molecule has 0 bridgehead atoms. The topological polar surface area (TPSA) is 167 Å². The van der Waals surface area contributed by atoms with Crippen molar-refractivity contribution in [3.05, 3.63) is 86.4 Å². The second-order valence-corrected chi connectivity index (χ2v) is 8.37. The molecule has 1 aliphatic rings. The lowest BCUT2D eigenvalue weighted by atomic mass is 9.79. The monoisotopic (exact) mass is 522 g/mol. The second-order valence-electron chi connectivity index (χ2n) is 8.37. The van der Waals surface area contributed by atoms with E-state index in [1.807, 2.05) is 0 Å². The lowest BCUT2D eigenvalue weighted by Crippen LogP contribution is -2.32. The minimum Gasteiger partial charge on any atom is -0.466 e. The first kappa shape index (κ1) is 27.7. The van der Waals surface area contributed by atoms with E-state index in [1.54, 1.807) is 19.9 Å². The highest BCUT2D eigenvalue weighted by Gasteiger charge is 2.40. The molecular formula is C26H26N4O8. The number of allylic oxidation sites excluding steroid dienone is 2. The first-order valence-electron chi connectivity index (χ1n) is 11.5. The highest BCUT2D eigenvalue weighted by Crippen LogP contribution is 2.42. The van der Waals surface area contributed by atoms with Crippen molar-refractivity contribution in [2.24, 2.45) is 0 Å². The molecule has 2 heterocycles. The summed E-state index contributed by atoms with van der Waals surface area (Å²) >= 11 is 0. The van der Waals surface area contributed by atoms with Gasteiger partial charge in [0.15, 0.2) is 5.78 Å². The summed E-state index contributed by atoms with van der Waals surface area (Å²) in [5, 5.41) is 17.2. The molecule has 0 aliphatic carbocycles. The van der Waals surface area contributed by atoms with E-state index in [9.17, 15) is 29.3 Å². The Balaban J connectivity index is 1.84. The van der Waals surface area contributed by atoms with Gasteiger partial charge in [-0.25, -0.2) is 14.6 Å². The minimum absolute atomic E-state index is 0.0147. The van der Waals surface area contributed by atoms with E-state index in [2.05, 4.69) is 15.6 Å². The number of pyridine rings is 1. The van der Waals surface area contributed by atoms with Crippen LogP contribution in [0.4, 0.5) is 11.5 Å². The van der Waals surface area contributed by atoms with Crippen LogP contribution in [0.25, 0.3) is 0 Å². The van der Waals surface area contributed by atoms with Gasteiger partial charge in [0, 0.05) is 48.1 Å². The largest absolute Gasteiger partial charge is 0.466 e. The molecule has 3 rings (SSSR count). The number of nitro benzene ring substituents is 1. The van der Waals surface area contributed by atoms with Gasteiger partial charge in [-0.2, -0.15) is 0 Å². The number of nitrogens with one attached hydrogen (secondary N) is 2. The van der Waals surface area contributed by atoms with Gasteiger partial charge in [0.05, 0.1) is 35.7 Å². The van der Waals surface area contributed by atoms with Crippen LogP contribution in [0.2, 0.25) is 0 Å². The van der Waals surface area contributed by atoms with Gasteiger partial charge < -0.3 is 20.1 Å². The van der Waals surface area contributed by atoms with Crippen LogP contribution in [-0.4, -0.2) is 47.3 Å². The minimum atomic E-state index is -1.14. The highest BCUT2D eigenvalue weighted by atomic mass is 16.6. The summed E-state index contributed by atoms with van der Waals surface area (Å²) in [6.07, 6.45) is 1.13. The number of carbonyl (C=O) groups excluding carboxylic acids is 4. The van der Waals surface area contributed by atoms with Crippen LogP contribution in [0.1, 0.15) is 49.0 Å². The predicted molar refractivity (Wildman–Crippen MR) is 135 cm³/mol. The third-order valence-corrected chi connectivity index (χ3v) is 5.78. The lowest BCUT2D eigenvalue weighted by Gasteiger charge is -2.30. The van der Waals surface area contributed by atoms with Gasteiger partial charge in [-0.3, -0.25) is 19.7 Å². The quantitative estimate of drug-likeness (QED) is 0.216. The lowest BCUT2D eigenvalue weighted by molar-refractivity contribution is -0.385. The molecule has 1 atom stereocenters. The Morgan fingerprint density at radius 3 is 2.29 bits per heavy atom. The number of nitro groups is 1. The van der Waals surface area contributed by atoms with E-state index < -0.39 is 22.8 Å². The predicted octanol–water partition coefficient (Wildman–Crippen LogP) is 3.17. The molecule has 1 aromatic carbocycles. The van der Waals surface area contributed by atoms with Gasteiger partial charge >= 0.3 is 11.9 Å². The maximum Gasteiger partial charge on any atom is 0.336 e. The van der Waals surface area contributed by atoms with Gasteiger partial charge in [0.1, 0.15) is 5.82 Å². The number of esters is 2. The first-order chi connectivity index (χ1) is 18.0. The van der Waals surface area contributed by atoms with Crippen LogP contribution in [0.15, 0.2) is 65.1 Å². The highest BCUT2D eigenvalue weighted by molar-refractivity contribution is 6.00. The first-order valence-corrected chi connectivity index (χ1v) is 11.5. The Kier molecular flexibility index (Phi) is 8.69. The molecule has 1 amide bonds. The Hall–Kier alpha value is -4.87. The molecule has 12 nitrogen and oxygen atoms in total. The number of aromatic nitrogens is 1. The van der Waals surface area contributed by atoms with Crippen LogP contribution in [0, 0.1) is 10.1 Å². The normalized spacial score (nSPS) is 14.9. The van der Waals surface area contributed by atoms with Crippen LogP contribution < -0.4 is 10.6 Å². The van der Waals surface area contributed by atoms with Crippen LogP contribution in [0.5, 0.6) is 0 Å². The van der Waals surface area contributed by atoms with Crippen LogP contribution in [-0.2, 0) is 23.9 Å². The van der Waals surface area contributed by atoms with E-state index in [1.165, 1.54) is 50.6 Å². The Morgan fingerprint density at radius 1 is 1.05 bits per heavy atom. The van der Waals surface area contributed by atoms with Crippen molar-refractivity contribution in [3.8, 4) is 0 Å². The molecule has 12 heteroatoms. The third-order valence-electron chi connectivity index (χ3n) is 5.78. The average molecular weight is 523 g/mol. The zero-order chi connectivity index (χ0) is 28.0. The molecule has 2 N–H and O–H groups in total. The van der Waals surface area contributed by atoms with E-state index in [0.29, 0.717) is 17.2 Å². The second kappa shape index (κ2) is 11.9. The number of ether oxygens (including phenoxy) is 2. The molecule has 0 saturated carbocycles. The van der Waals surface area contributed by atoms with Crippen LogP contribution in [0.3, 0.4) is 0 Å². The fraction of sp³-hybridized carbons (Fsp3) is 0.269. The summed E-state index contributed by atoms with van der Waals surface area (Å²) in [5.41, 5.74) is 0.824. The summed E-state index contributed by atoms with van der Waals surface area (Å²) < 4.78 is 10.3. The van der Waals surface area contributed by atoms with Crippen LogP contribution >= 0.6 is 0 Å². The summed E-state index contributed by atoms with van der Waals surface area (Å²) in [4.78, 5) is 64.8. The number of para-hydroxylation sites is 1. The van der Waals surface area contributed by atoms with E-state index in [0.717, 1.165) is 0 Å². The number of hydrogen-bond donors (Lipinski definition) is 2. The number of amides is 1. The fourth-order valence-electron chi connectivity index (χ4n) is 4.13. The van der Waals surface area contributed by atoms with Crippen molar-refractivity contribution in [2.45, 2.75) is 33.1 Å². The molecule has 2 aromatic rings. The summed E-state index contributed by atoms with van der Waals surface area (Å²) in [6.45, 7) is 4.23. The molecule has 0 spiro atoms. The number of ketones is 1. The Labute approximate surface area is 217 Å². The van der Waals surface area contributed by atoms with Crippen molar-refractivity contribution in [2.75, 3.05) is 19.0 Å². The van der Waals surface area contributed by atoms with E-state index >= 15 is 0 Å². The Morgan fingerprint density at radius 2 is 1.71 bits per heavy atom. The maximum absolute atomic E-state index is 13.3. The number of nitrogens with zero attached hydrogens (tertiary/aromatic N) is 2. The third kappa shape index (κ3) is 6.09. The molecule has 1 aromatic heterocycles. The smallest absolute Gasteiger partial charge is 0.336 e. The molecule has 0 radical (unpaired) electrons. The number of methoxy groups -OCH3 is 1. The molecular weight excluding hydrogens is 496 g/mol. The molecule has 38 heavy (non-hydrogen) atoms. The molecule has 1 aliphatic heterocycles. The number of rotatable bonds is 9. The molecule has 0 fully saturated rings. The van der Waals surface area contributed by atoms with Crippen molar-refractivity contribution < 1.29 is 33.6 Å². The SMILES string of the molecule is COC(=O)C1=C(C)NC(C)=C(C(=O)OCCC(=O)c2ccc(NC(C)=O)nc2)C1c1ccccc1[N+](=O)[O-].